The molecule has 2 aromatic heterocycles. The van der Waals surface area contributed by atoms with Gasteiger partial charge in [-0.05, 0) is 44.5 Å². The first-order valence-electron chi connectivity index (χ1n) is 8.40. The number of halogens is 1. The van der Waals surface area contributed by atoms with Crippen LogP contribution in [0.15, 0.2) is 34.8 Å². The molecule has 4 rings (SSSR count). The van der Waals surface area contributed by atoms with Crippen LogP contribution in [0.3, 0.4) is 0 Å². The smallest absolute Gasteiger partial charge is 0.252 e. The number of anilines is 1. The second-order valence-corrected chi connectivity index (χ2v) is 7.48. The number of aromatic nitrogens is 4. The first-order chi connectivity index (χ1) is 12.4. The molecule has 1 atom stereocenters. The lowest BCUT2D eigenvalue weighted by atomic mass is 9.86. The van der Waals surface area contributed by atoms with E-state index < -0.39 is 0 Å². The molecule has 1 amide bonds. The summed E-state index contributed by atoms with van der Waals surface area (Å²) in [6, 6.07) is 9.99. The number of carbonyl (C=O) groups is 1. The third-order valence-corrected chi connectivity index (χ3v) is 5.06. The molecule has 0 bridgehead atoms. The molecule has 0 saturated carbocycles. The molecule has 0 radical (unpaired) electrons. The summed E-state index contributed by atoms with van der Waals surface area (Å²) in [7, 11) is 0. The summed E-state index contributed by atoms with van der Waals surface area (Å²) in [5.74, 6) is 1.07. The molecule has 26 heavy (non-hydrogen) atoms. The van der Waals surface area contributed by atoms with Gasteiger partial charge in [-0.25, -0.2) is 9.97 Å². The number of aryl methyl sites for hydroxylation is 3. The minimum atomic E-state index is -0.0356. The maximum absolute atomic E-state index is 12.4. The number of carbonyl (C=O) groups excluding carboxylic acids is 1. The highest BCUT2D eigenvalue weighted by atomic mass is 79.9. The molecular weight excluding hydrogens is 394 g/mol. The van der Waals surface area contributed by atoms with Gasteiger partial charge in [0, 0.05) is 33.8 Å². The Balaban J connectivity index is 1.88. The van der Waals surface area contributed by atoms with E-state index in [9.17, 15) is 4.79 Å². The summed E-state index contributed by atoms with van der Waals surface area (Å²) in [5, 5.41) is 7.61. The second kappa shape index (κ2) is 6.32. The van der Waals surface area contributed by atoms with Crippen LogP contribution in [-0.4, -0.2) is 25.7 Å². The van der Waals surface area contributed by atoms with Crippen LogP contribution in [-0.2, 0) is 4.79 Å². The van der Waals surface area contributed by atoms with E-state index in [0.717, 1.165) is 32.7 Å². The lowest BCUT2D eigenvalue weighted by Crippen LogP contribution is -2.25. The summed E-state index contributed by atoms with van der Waals surface area (Å²) >= 11 is 3.46. The van der Waals surface area contributed by atoms with Gasteiger partial charge in [0.2, 0.25) is 5.91 Å². The molecular formula is C19H18BrN5O. The SMILES string of the molecule is Cc1cc(C)nc(-n2nc(C)c3c2NC(=O)C[C@H]3c2ccc(Br)cc2)n1. The highest BCUT2D eigenvalue weighted by Crippen LogP contribution is 2.40. The second-order valence-electron chi connectivity index (χ2n) is 6.57. The number of hydrogen-bond acceptors (Lipinski definition) is 4. The average Bonchev–Trinajstić information content (AvgIpc) is 2.91. The molecule has 6 nitrogen and oxygen atoms in total. The zero-order valence-corrected chi connectivity index (χ0v) is 16.3. The number of rotatable bonds is 2. The Morgan fingerprint density at radius 1 is 1.12 bits per heavy atom. The van der Waals surface area contributed by atoms with Crippen molar-refractivity contribution in [3.8, 4) is 5.95 Å². The minimum Gasteiger partial charge on any atom is -0.310 e. The number of amides is 1. The van der Waals surface area contributed by atoms with Crippen LogP contribution < -0.4 is 5.32 Å². The highest BCUT2D eigenvalue weighted by Gasteiger charge is 2.33. The maximum atomic E-state index is 12.4. The van der Waals surface area contributed by atoms with Gasteiger partial charge in [-0.1, -0.05) is 28.1 Å². The van der Waals surface area contributed by atoms with Crippen LogP contribution in [0.1, 0.15) is 40.5 Å². The highest BCUT2D eigenvalue weighted by molar-refractivity contribution is 9.10. The number of nitrogens with one attached hydrogen (secondary N) is 1. The van der Waals surface area contributed by atoms with Crippen LogP contribution in [0.2, 0.25) is 0 Å². The van der Waals surface area contributed by atoms with E-state index in [0.29, 0.717) is 18.2 Å². The zero-order valence-electron chi connectivity index (χ0n) is 14.7. The van der Waals surface area contributed by atoms with Crippen molar-refractivity contribution >= 4 is 27.7 Å². The molecule has 7 heteroatoms. The molecule has 0 unspecified atom stereocenters. The monoisotopic (exact) mass is 411 g/mol. The number of fused-ring (bicyclic) bond motifs is 1. The van der Waals surface area contributed by atoms with E-state index >= 15 is 0 Å². The summed E-state index contributed by atoms with van der Waals surface area (Å²) in [6.45, 7) is 5.80. The fraction of sp³-hybridized carbons (Fsp3) is 0.263. The van der Waals surface area contributed by atoms with Crippen LogP contribution in [0.5, 0.6) is 0 Å². The van der Waals surface area contributed by atoms with Gasteiger partial charge in [0.15, 0.2) is 0 Å². The Morgan fingerprint density at radius 3 is 2.42 bits per heavy atom. The van der Waals surface area contributed by atoms with Gasteiger partial charge < -0.3 is 5.32 Å². The Hall–Kier alpha value is -2.54. The van der Waals surface area contributed by atoms with Crippen molar-refractivity contribution in [2.45, 2.75) is 33.1 Å². The predicted molar refractivity (Wildman–Crippen MR) is 103 cm³/mol. The number of benzene rings is 1. The van der Waals surface area contributed by atoms with Gasteiger partial charge in [0.1, 0.15) is 5.82 Å². The first kappa shape index (κ1) is 16.9. The molecule has 3 heterocycles. The molecule has 0 fully saturated rings. The van der Waals surface area contributed by atoms with Crippen molar-refractivity contribution in [1.82, 2.24) is 19.7 Å². The molecule has 1 N–H and O–H groups in total. The Labute approximate surface area is 159 Å². The van der Waals surface area contributed by atoms with Crippen molar-refractivity contribution in [1.29, 1.82) is 0 Å². The Kier molecular flexibility index (Phi) is 4.11. The zero-order chi connectivity index (χ0) is 18.4. The Bertz CT molecular complexity index is 989. The third kappa shape index (κ3) is 2.92. The van der Waals surface area contributed by atoms with E-state index in [1.165, 1.54) is 0 Å². The standard InChI is InChI=1S/C19H18BrN5O/c1-10-8-11(2)22-19(21-10)25-18-17(12(3)24-25)15(9-16(26)23-18)13-4-6-14(20)7-5-13/h4-8,15H,9H2,1-3H3,(H,23,26)/t15-/m0/s1. The Morgan fingerprint density at radius 2 is 1.77 bits per heavy atom. The number of nitrogens with zero attached hydrogens (tertiary/aromatic N) is 4. The summed E-state index contributed by atoms with van der Waals surface area (Å²) in [5.41, 5.74) is 4.71. The molecule has 0 spiro atoms. The lowest BCUT2D eigenvalue weighted by molar-refractivity contribution is -0.116. The third-order valence-electron chi connectivity index (χ3n) is 4.53. The van der Waals surface area contributed by atoms with Crippen molar-refractivity contribution in [2.75, 3.05) is 5.32 Å². The van der Waals surface area contributed by atoms with Gasteiger partial charge in [-0.3, -0.25) is 4.79 Å². The molecule has 1 aliphatic rings. The van der Waals surface area contributed by atoms with Crippen molar-refractivity contribution < 1.29 is 4.79 Å². The fourth-order valence-corrected chi connectivity index (χ4v) is 3.74. The predicted octanol–water partition coefficient (Wildman–Crippen LogP) is 3.82. The molecule has 0 saturated heterocycles. The van der Waals surface area contributed by atoms with Crippen LogP contribution in [0.25, 0.3) is 5.95 Å². The van der Waals surface area contributed by atoms with Crippen LogP contribution in [0.4, 0.5) is 5.82 Å². The van der Waals surface area contributed by atoms with Crippen molar-refractivity contribution in [3.05, 3.63) is 63.0 Å². The van der Waals surface area contributed by atoms with Gasteiger partial charge in [-0.2, -0.15) is 9.78 Å². The summed E-state index contributed by atoms with van der Waals surface area (Å²) in [6.07, 6.45) is 0.398. The number of hydrogen-bond donors (Lipinski definition) is 1. The average molecular weight is 412 g/mol. The quantitative estimate of drug-likeness (QED) is 0.695. The van der Waals surface area contributed by atoms with E-state index in [2.05, 4.69) is 36.3 Å². The maximum Gasteiger partial charge on any atom is 0.252 e. The first-order valence-corrected chi connectivity index (χ1v) is 9.19. The normalized spacial score (nSPS) is 16.3. The fourth-order valence-electron chi connectivity index (χ4n) is 3.47. The molecule has 0 aliphatic carbocycles. The minimum absolute atomic E-state index is 0.0315. The van der Waals surface area contributed by atoms with Crippen LogP contribution in [0, 0.1) is 20.8 Å². The topological polar surface area (TPSA) is 72.7 Å². The van der Waals surface area contributed by atoms with Gasteiger partial charge >= 0.3 is 0 Å². The van der Waals surface area contributed by atoms with Crippen molar-refractivity contribution in [2.24, 2.45) is 0 Å². The van der Waals surface area contributed by atoms with Gasteiger partial charge in [0.05, 0.1) is 5.69 Å². The van der Waals surface area contributed by atoms with Gasteiger partial charge in [0.25, 0.3) is 5.95 Å². The summed E-state index contributed by atoms with van der Waals surface area (Å²) in [4.78, 5) is 21.4. The van der Waals surface area contributed by atoms with E-state index in [4.69, 9.17) is 0 Å². The van der Waals surface area contributed by atoms with Gasteiger partial charge in [-0.15, -0.1) is 0 Å². The molecule has 1 aromatic carbocycles. The van der Waals surface area contributed by atoms with E-state index in [1.807, 2.05) is 51.1 Å². The lowest BCUT2D eigenvalue weighted by Gasteiger charge is -2.24. The van der Waals surface area contributed by atoms with E-state index in [1.54, 1.807) is 4.68 Å². The largest absolute Gasteiger partial charge is 0.310 e. The van der Waals surface area contributed by atoms with Crippen LogP contribution >= 0.6 is 15.9 Å². The van der Waals surface area contributed by atoms with Crippen molar-refractivity contribution in [3.63, 3.8) is 0 Å². The summed E-state index contributed by atoms with van der Waals surface area (Å²) < 4.78 is 2.66. The molecule has 3 aromatic rings. The molecule has 132 valence electrons. The molecule has 1 aliphatic heterocycles. The van der Waals surface area contributed by atoms with E-state index in [-0.39, 0.29) is 11.8 Å².